The van der Waals surface area contributed by atoms with Crippen molar-refractivity contribution >= 4 is 17.6 Å². The molecule has 0 aliphatic carbocycles. The number of nitrogens with one attached hydrogen (secondary N) is 2. The fourth-order valence-corrected chi connectivity index (χ4v) is 2.23. The van der Waals surface area contributed by atoms with Gasteiger partial charge in [0, 0.05) is 36.9 Å². The summed E-state index contributed by atoms with van der Waals surface area (Å²) in [7, 11) is 1.75. The predicted octanol–water partition coefficient (Wildman–Crippen LogP) is 2.91. The first kappa shape index (κ1) is 18.1. The fraction of sp³-hybridized carbons (Fsp3) is 0.333. The second-order valence-corrected chi connectivity index (χ2v) is 5.77. The van der Waals surface area contributed by atoms with Crippen molar-refractivity contribution < 1.29 is 4.74 Å². The molecule has 0 saturated heterocycles. The van der Waals surface area contributed by atoms with Crippen LogP contribution in [0.3, 0.4) is 0 Å². The van der Waals surface area contributed by atoms with Gasteiger partial charge >= 0.3 is 0 Å². The second-order valence-electron chi connectivity index (χ2n) is 5.33. The van der Waals surface area contributed by atoms with Gasteiger partial charge in [-0.25, -0.2) is 0 Å². The first-order valence-electron chi connectivity index (χ1n) is 7.94. The normalized spacial score (nSPS) is 12.5. The Labute approximate surface area is 148 Å². The van der Waals surface area contributed by atoms with E-state index < -0.39 is 0 Å². The third kappa shape index (κ3) is 6.46. The summed E-state index contributed by atoms with van der Waals surface area (Å²) >= 11 is 5.87. The molecule has 5 nitrogen and oxygen atoms in total. The lowest BCUT2D eigenvalue weighted by atomic mass is 10.3. The molecule has 1 unspecified atom stereocenters. The fourth-order valence-electron chi connectivity index (χ4n) is 2.10. The van der Waals surface area contributed by atoms with Gasteiger partial charge in [0.15, 0.2) is 5.96 Å². The zero-order valence-electron chi connectivity index (χ0n) is 14.0. The highest BCUT2D eigenvalue weighted by molar-refractivity contribution is 6.30. The van der Waals surface area contributed by atoms with E-state index in [0.717, 1.165) is 30.4 Å². The number of ether oxygens (including phenoxy) is 1. The topological polar surface area (TPSA) is 58.5 Å². The van der Waals surface area contributed by atoms with Crippen molar-refractivity contribution in [3.63, 3.8) is 0 Å². The summed E-state index contributed by atoms with van der Waals surface area (Å²) in [6.45, 7) is 3.41. The maximum Gasteiger partial charge on any atom is 0.191 e. The number of nitrogens with zero attached hydrogens (tertiary/aromatic N) is 2. The average Bonchev–Trinajstić information content (AvgIpc) is 2.61. The Bertz CT molecular complexity index is 631. The van der Waals surface area contributed by atoms with Gasteiger partial charge in [-0.1, -0.05) is 17.7 Å². The number of aromatic nitrogens is 1. The van der Waals surface area contributed by atoms with Gasteiger partial charge in [0.25, 0.3) is 0 Å². The minimum absolute atomic E-state index is 0.000477. The Morgan fingerprint density at radius 2 is 2.00 bits per heavy atom. The zero-order valence-corrected chi connectivity index (χ0v) is 14.8. The van der Waals surface area contributed by atoms with Gasteiger partial charge < -0.3 is 15.4 Å². The van der Waals surface area contributed by atoms with E-state index in [0.29, 0.717) is 11.6 Å². The van der Waals surface area contributed by atoms with Crippen LogP contribution in [0.1, 0.15) is 12.6 Å². The maximum absolute atomic E-state index is 5.87. The summed E-state index contributed by atoms with van der Waals surface area (Å²) in [5.41, 5.74) is 1.06. The first-order valence-corrected chi connectivity index (χ1v) is 8.32. The monoisotopic (exact) mass is 346 g/mol. The summed E-state index contributed by atoms with van der Waals surface area (Å²) < 4.78 is 5.82. The van der Waals surface area contributed by atoms with Gasteiger partial charge in [0.05, 0.1) is 6.54 Å². The van der Waals surface area contributed by atoms with Crippen molar-refractivity contribution in [2.45, 2.75) is 19.4 Å². The number of aliphatic imine (C=N–C) groups is 1. The van der Waals surface area contributed by atoms with Gasteiger partial charge in [-0.2, -0.15) is 0 Å². The molecule has 128 valence electrons. The van der Waals surface area contributed by atoms with E-state index in [1.807, 2.05) is 49.4 Å². The lowest BCUT2D eigenvalue weighted by Gasteiger charge is -2.17. The van der Waals surface area contributed by atoms with Crippen LogP contribution in [0, 0.1) is 0 Å². The Morgan fingerprint density at radius 3 is 2.67 bits per heavy atom. The molecule has 1 aromatic carbocycles. The summed E-state index contributed by atoms with van der Waals surface area (Å²) in [4.78, 5) is 8.51. The largest absolute Gasteiger partial charge is 0.489 e. The minimum Gasteiger partial charge on any atom is -0.489 e. The third-order valence-electron chi connectivity index (χ3n) is 3.33. The number of benzene rings is 1. The van der Waals surface area contributed by atoms with Crippen LogP contribution in [0.15, 0.2) is 53.7 Å². The molecule has 2 aromatic rings. The minimum atomic E-state index is 0.000477. The number of guanidine groups is 1. The summed E-state index contributed by atoms with van der Waals surface area (Å²) in [5.74, 6) is 1.55. The molecule has 2 rings (SSSR count). The quantitative estimate of drug-likeness (QED) is 0.598. The standard InChI is InChI=1S/C18H23ClN4O/c1-14(24-17-8-6-15(19)7-9-17)13-23-18(20-2)22-12-10-16-5-3-4-11-21-16/h3-9,11,14H,10,12-13H2,1-2H3,(H2,20,22,23). The van der Waals surface area contributed by atoms with Crippen LogP contribution >= 0.6 is 11.6 Å². The first-order chi connectivity index (χ1) is 11.7. The molecule has 1 atom stereocenters. The lowest BCUT2D eigenvalue weighted by molar-refractivity contribution is 0.224. The van der Waals surface area contributed by atoms with E-state index in [4.69, 9.17) is 16.3 Å². The molecule has 6 heteroatoms. The van der Waals surface area contributed by atoms with Crippen molar-refractivity contribution in [1.29, 1.82) is 0 Å². The smallest absolute Gasteiger partial charge is 0.191 e. The second kappa shape index (κ2) is 9.78. The molecule has 0 radical (unpaired) electrons. The Balaban J connectivity index is 1.69. The molecule has 0 aliphatic rings. The maximum atomic E-state index is 5.87. The molecule has 0 bridgehead atoms. The van der Waals surface area contributed by atoms with Gasteiger partial charge in [-0.3, -0.25) is 9.98 Å². The van der Waals surface area contributed by atoms with Crippen molar-refractivity contribution in [2.75, 3.05) is 20.1 Å². The molecular weight excluding hydrogens is 324 g/mol. The van der Waals surface area contributed by atoms with E-state index in [9.17, 15) is 0 Å². The van der Waals surface area contributed by atoms with Crippen LogP contribution in [0.5, 0.6) is 5.75 Å². The number of rotatable bonds is 7. The average molecular weight is 347 g/mol. The van der Waals surface area contributed by atoms with Crippen LogP contribution in [0.4, 0.5) is 0 Å². The van der Waals surface area contributed by atoms with E-state index in [1.165, 1.54) is 0 Å². The summed E-state index contributed by atoms with van der Waals surface area (Å²) in [6.07, 6.45) is 2.65. The number of hydrogen-bond acceptors (Lipinski definition) is 3. The van der Waals surface area contributed by atoms with Crippen LogP contribution in [0.2, 0.25) is 5.02 Å². The SMILES string of the molecule is CN=C(NCCc1ccccn1)NCC(C)Oc1ccc(Cl)cc1. The molecule has 1 aromatic heterocycles. The Hall–Kier alpha value is -2.27. The zero-order chi connectivity index (χ0) is 17.2. The Kier molecular flexibility index (Phi) is 7.36. The van der Waals surface area contributed by atoms with Crippen molar-refractivity contribution in [1.82, 2.24) is 15.6 Å². The van der Waals surface area contributed by atoms with E-state index >= 15 is 0 Å². The van der Waals surface area contributed by atoms with Crippen molar-refractivity contribution in [2.24, 2.45) is 4.99 Å². The molecule has 0 spiro atoms. The molecule has 24 heavy (non-hydrogen) atoms. The van der Waals surface area contributed by atoms with Crippen LogP contribution in [-0.2, 0) is 6.42 Å². The van der Waals surface area contributed by atoms with Crippen LogP contribution in [0.25, 0.3) is 0 Å². The van der Waals surface area contributed by atoms with Gasteiger partial charge in [0.1, 0.15) is 11.9 Å². The summed E-state index contributed by atoms with van der Waals surface area (Å²) in [6, 6.07) is 13.3. The van der Waals surface area contributed by atoms with Gasteiger partial charge in [0.2, 0.25) is 0 Å². The highest BCUT2D eigenvalue weighted by Crippen LogP contribution is 2.16. The highest BCUT2D eigenvalue weighted by Gasteiger charge is 2.06. The van der Waals surface area contributed by atoms with E-state index in [-0.39, 0.29) is 6.10 Å². The van der Waals surface area contributed by atoms with Gasteiger partial charge in [-0.05, 0) is 43.3 Å². The van der Waals surface area contributed by atoms with Crippen molar-refractivity contribution in [3.05, 3.63) is 59.4 Å². The summed E-state index contributed by atoms with van der Waals surface area (Å²) in [5, 5.41) is 7.22. The lowest BCUT2D eigenvalue weighted by Crippen LogP contribution is -2.42. The van der Waals surface area contributed by atoms with E-state index in [1.54, 1.807) is 13.2 Å². The highest BCUT2D eigenvalue weighted by atomic mass is 35.5. The molecule has 0 aliphatic heterocycles. The molecule has 1 heterocycles. The Morgan fingerprint density at radius 1 is 1.21 bits per heavy atom. The molecule has 0 fully saturated rings. The molecule has 2 N–H and O–H groups in total. The third-order valence-corrected chi connectivity index (χ3v) is 3.58. The van der Waals surface area contributed by atoms with Crippen LogP contribution in [-0.4, -0.2) is 37.2 Å². The van der Waals surface area contributed by atoms with E-state index in [2.05, 4.69) is 20.6 Å². The predicted molar refractivity (Wildman–Crippen MR) is 98.8 cm³/mol. The molecule has 0 saturated carbocycles. The van der Waals surface area contributed by atoms with Crippen LogP contribution < -0.4 is 15.4 Å². The number of pyridine rings is 1. The van der Waals surface area contributed by atoms with Gasteiger partial charge in [-0.15, -0.1) is 0 Å². The van der Waals surface area contributed by atoms with Crippen molar-refractivity contribution in [3.8, 4) is 5.75 Å². The number of hydrogen-bond donors (Lipinski definition) is 2. The molecule has 0 amide bonds. The number of halogens is 1. The molecular formula is C18H23ClN4O.